The van der Waals surface area contributed by atoms with Gasteiger partial charge in [-0.05, 0) is 38.5 Å². The van der Waals surface area contributed by atoms with E-state index in [1.165, 1.54) is 18.2 Å². The molecule has 1 aromatic heterocycles. The molecule has 182 valence electrons. The number of nitrogens with one attached hydrogen (secondary N) is 2. The number of hydrogen-bond acceptors (Lipinski definition) is 5. The maximum absolute atomic E-state index is 13.2. The Morgan fingerprint density at radius 2 is 1.88 bits per heavy atom. The molecule has 33 heavy (non-hydrogen) atoms. The molecule has 0 aliphatic rings. The van der Waals surface area contributed by atoms with E-state index in [0.29, 0.717) is 4.68 Å². The predicted octanol–water partition coefficient (Wildman–Crippen LogP) is 4.63. The molecule has 2 N–H and O–H groups in total. The molecular weight excluding hydrogens is 477 g/mol. The van der Waals surface area contributed by atoms with Gasteiger partial charge < -0.3 is 15.4 Å². The fraction of sp³-hybridized carbons (Fsp3) is 0.474. The van der Waals surface area contributed by atoms with Crippen molar-refractivity contribution in [3.63, 3.8) is 0 Å². The van der Waals surface area contributed by atoms with E-state index in [0.717, 1.165) is 6.33 Å². The average Bonchev–Trinajstić information content (AvgIpc) is 3.12. The molecule has 0 saturated heterocycles. The van der Waals surface area contributed by atoms with Crippen molar-refractivity contribution < 1.29 is 36.3 Å². The number of nitrogens with zero attached hydrogens (tertiary/aromatic N) is 3. The largest absolute Gasteiger partial charge is 0.444 e. The molecule has 0 aliphatic heterocycles. The van der Waals surface area contributed by atoms with E-state index in [9.17, 15) is 31.5 Å². The second-order valence-electron chi connectivity index (χ2n) is 7.84. The summed E-state index contributed by atoms with van der Waals surface area (Å²) in [6.45, 7) is 1.34. The minimum atomic E-state index is -4.72. The SMILES string of the molecule is CC(C)(C)OC(=O)N[C@H](CNC(=O)CC(F)(F)F)c1ccc(Cl)c(-c2ncnn2C(F)F)c1. The van der Waals surface area contributed by atoms with Crippen LogP contribution >= 0.6 is 11.6 Å². The van der Waals surface area contributed by atoms with Crippen molar-refractivity contribution in [1.29, 1.82) is 0 Å². The van der Waals surface area contributed by atoms with Gasteiger partial charge in [0.05, 0.1) is 11.1 Å². The van der Waals surface area contributed by atoms with Crippen LogP contribution in [0.4, 0.5) is 26.7 Å². The van der Waals surface area contributed by atoms with Crippen LogP contribution < -0.4 is 10.6 Å². The summed E-state index contributed by atoms with van der Waals surface area (Å²) < 4.78 is 69.3. The molecule has 0 spiro atoms. The molecule has 0 saturated carbocycles. The number of rotatable bonds is 7. The Labute approximate surface area is 190 Å². The third-order valence-corrected chi connectivity index (χ3v) is 4.28. The quantitative estimate of drug-likeness (QED) is 0.544. The van der Waals surface area contributed by atoms with Gasteiger partial charge in [0, 0.05) is 12.1 Å². The molecule has 0 unspecified atom stereocenters. The molecule has 2 rings (SSSR count). The van der Waals surface area contributed by atoms with Crippen molar-refractivity contribution in [3.05, 3.63) is 35.1 Å². The number of hydrogen-bond donors (Lipinski definition) is 2. The van der Waals surface area contributed by atoms with Crippen molar-refractivity contribution in [3.8, 4) is 11.4 Å². The van der Waals surface area contributed by atoms with E-state index >= 15 is 0 Å². The predicted molar refractivity (Wildman–Crippen MR) is 108 cm³/mol. The third-order valence-electron chi connectivity index (χ3n) is 3.95. The Hall–Kier alpha value is -2.96. The average molecular weight is 498 g/mol. The number of halogens is 6. The monoisotopic (exact) mass is 497 g/mol. The van der Waals surface area contributed by atoms with Crippen LogP contribution in [0.3, 0.4) is 0 Å². The smallest absolute Gasteiger partial charge is 0.408 e. The summed E-state index contributed by atoms with van der Waals surface area (Å²) in [7, 11) is 0. The van der Waals surface area contributed by atoms with Crippen LogP contribution in [-0.4, -0.2) is 45.1 Å². The van der Waals surface area contributed by atoms with Gasteiger partial charge in [-0.25, -0.2) is 9.78 Å². The molecule has 1 atom stereocenters. The molecule has 0 radical (unpaired) electrons. The van der Waals surface area contributed by atoms with Gasteiger partial charge in [0.25, 0.3) is 0 Å². The van der Waals surface area contributed by atoms with Crippen molar-refractivity contribution in [2.24, 2.45) is 0 Å². The summed E-state index contributed by atoms with van der Waals surface area (Å²) in [5, 5.41) is 8.00. The Kier molecular flexibility index (Phi) is 8.22. The fourth-order valence-electron chi connectivity index (χ4n) is 2.68. The topological polar surface area (TPSA) is 98.1 Å². The lowest BCUT2D eigenvalue weighted by atomic mass is 10.0. The minimum Gasteiger partial charge on any atom is -0.444 e. The molecule has 1 aromatic carbocycles. The van der Waals surface area contributed by atoms with Gasteiger partial charge in [-0.15, -0.1) is 0 Å². The van der Waals surface area contributed by atoms with Gasteiger partial charge in [-0.1, -0.05) is 17.7 Å². The first-order valence-corrected chi connectivity index (χ1v) is 9.84. The Balaban J connectivity index is 2.36. The summed E-state index contributed by atoms with van der Waals surface area (Å²) in [5.41, 5.74) is -0.617. The van der Waals surface area contributed by atoms with Gasteiger partial charge in [-0.3, -0.25) is 4.79 Å². The van der Waals surface area contributed by atoms with Gasteiger partial charge >= 0.3 is 18.8 Å². The first-order chi connectivity index (χ1) is 15.2. The van der Waals surface area contributed by atoms with Gasteiger partial charge in [-0.2, -0.15) is 31.7 Å². The van der Waals surface area contributed by atoms with Crippen LogP contribution in [0, 0.1) is 0 Å². The minimum absolute atomic E-state index is 0.0320. The number of amides is 2. The number of alkyl carbamates (subject to hydrolysis) is 1. The second-order valence-corrected chi connectivity index (χ2v) is 8.25. The van der Waals surface area contributed by atoms with Crippen molar-refractivity contribution in [1.82, 2.24) is 25.4 Å². The zero-order valence-electron chi connectivity index (χ0n) is 17.7. The number of ether oxygens (including phenoxy) is 1. The lowest BCUT2D eigenvalue weighted by Crippen LogP contribution is -2.41. The number of alkyl halides is 5. The standard InChI is InChI=1S/C19H21ClF5N5O3/c1-18(2,3)33-17(32)29-13(8-26-14(31)7-19(23,24)25)10-4-5-12(20)11(6-10)15-27-9-28-30(15)16(21)22/h4-6,9,13,16H,7-8H2,1-3H3,(H,26,31)(H,29,32)/t13-/m1/s1. The number of benzene rings is 1. The summed E-state index contributed by atoms with van der Waals surface area (Å²) in [4.78, 5) is 27.7. The summed E-state index contributed by atoms with van der Waals surface area (Å²) >= 11 is 6.13. The molecule has 0 fully saturated rings. The maximum atomic E-state index is 13.2. The van der Waals surface area contributed by atoms with Crippen LogP contribution in [0.15, 0.2) is 24.5 Å². The van der Waals surface area contributed by atoms with E-state index in [2.05, 4.69) is 20.7 Å². The van der Waals surface area contributed by atoms with Crippen molar-refractivity contribution in [2.75, 3.05) is 6.54 Å². The Bertz CT molecular complexity index is 991. The van der Waals surface area contributed by atoms with E-state index < -0.39 is 49.3 Å². The van der Waals surface area contributed by atoms with Crippen LogP contribution in [-0.2, 0) is 9.53 Å². The number of aromatic nitrogens is 3. The Morgan fingerprint density at radius 3 is 2.45 bits per heavy atom. The normalized spacial score (nSPS) is 13.0. The maximum Gasteiger partial charge on any atom is 0.408 e. The van der Waals surface area contributed by atoms with Crippen LogP contribution in [0.2, 0.25) is 5.02 Å². The zero-order valence-corrected chi connectivity index (χ0v) is 18.5. The molecule has 2 amide bonds. The lowest BCUT2D eigenvalue weighted by Gasteiger charge is -2.24. The first-order valence-electron chi connectivity index (χ1n) is 9.46. The van der Waals surface area contributed by atoms with E-state index in [1.807, 2.05) is 0 Å². The molecule has 2 aromatic rings. The van der Waals surface area contributed by atoms with Crippen LogP contribution in [0.5, 0.6) is 0 Å². The lowest BCUT2D eigenvalue weighted by molar-refractivity contribution is -0.153. The summed E-state index contributed by atoms with van der Waals surface area (Å²) in [6.07, 6.45) is -6.44. The van der Waals surface area contributed by atoms with E-state index in [1.54, 1.807) is 20.8 Å². The highest BCUT2D eigenvalue weighted by Crippen LogP contribution is 2.31. The summed E-state index contributed by atoms with van der Waals surface area (Å²) in [6, 6.07) is 2.96. The van der Waals surface area contributed by atoms with Crippen molar-refractivity contribution in [2.45, 2.75) is 51.6 Å². The van der Waals surface area contributed by atoms with Gasteiger partial charge in [0.1, 0.15) is 18.3 Å². The van der Waals surface area contributed by atoms with E-state index in [-0.39, 0.29) is 22.0 Å². The Morgan fingerprint density at radius 1 is 1.21 bits per heavy atom. The first kappa shape index (κ1) is 26.3. The number of carbonyl (C=O) groups excluding carboxylic acids is 2. The second kappa shape index (κ2) is 10.3. The molecule has 1 heterocycles. The molecule has 14 heteroatoms. The molecule has 0 aliphatic carbocycles. The fourth-order valence-corrected chi connectivity index (χ4v) is 2.88. The van der Waals surface area contributed by atoms with Crippen molar-refractivity contribution >= 4 is 23.6 Å². The number of carbonyl (C=O) groups is 2. The molecular formula is C19H21ClF5N5O3. The highest BCUT2D eigenvalue weighted by molar-refractivity contribution is 6.33. The molecule has 8 nitrogen and oxygen atoms in total. The van der Waals surface area contributed by atoms with Gasteiger partial charge in [0.15, 0.2) is 5.82 Å². The third kappa shape index (κ3) is 8.15. The summed E-state index contributed by atoms with van der Waals surface area (Å²) in [5.74, 6) is -1.58. The highest BCUT2D eigenvalue weighted by Gasteiger charge is 2.31. The highest BCUT2D eigenvalue weighted by atomic mass is 35.5. The molecule has 0 bridgehead atoms. The zero-order chi connectivity index (χ0) is 25.0. The van der Waals surface area contributed by atoms with Crippen LogP contribution in [0.1, 0.15) is 45.3 Å². The van der Waals surface area contributed by atoms with E-state index in [4.69, 9.17) is 16.3 Å². The van der Waals surface area contributed by atoms with Crippen LogP contribution in [0.25, 0.3) is 11.4 Å². The van der Waals surface area contributed by atoms with Gasteiger partial charge in [0.2, 0.25) is 5.91 Å².